The van der Waals surface area contributed by atoms with Crippen LogP contribution in [0, 0.1) is 0 Å². The van der Waals surface area contributed by atoms with E-state index < -0.39 is 19.0 Å². The number of ether oxygens (including phenoxy) is 2. The van der Waals surface area contributed by atoms with E-state index in [-0.39, 0.29) is 24.8 Å². The van der Waals surface area contributed by atoms with Crippen molar-refractivity contribution < 1.29 is 31.8 Å². The molecule has 0 saturated carbocycles. The number of amides is 2. The van der Waals surface area contributed by atoms with Crippen LogP contribution in [-0.4, -0.2) is 55.2 Å². The minimum Gasteiger partial charge on any atom is -0.372 e. The van der Waals surface area contributed by atoms with Crippen LogP contribution in [-0.2, 0) is 16.1 Å². The first kappa shape index (κ1) is 20.4. The van der Waals surface area contributed by atoms with E-state index in [0.717, 1.165) is 0 Å². The lowest BCUT2D eigenvalue weighted by atomic mass is 10.2. The predicted octanol–water partition coefficient (Wildman–Crippen LogP) is 3.74. The molecule has 0 bridgehead atoms. The summed E-state index contributed by atoms with van der Waals surface area (Å²) >= 11 is 0. The van der Waals surface area contributed by atoms with E-state index in [0.29, 0.717) is 24.3 Å². The van der Waals surface area contributed by atoms with Gasteiger partial charge in [-0.25, -0.2) is 13.6 Å². The van der Waals surface area contributed by atoms with Gasteiger partial charge < -0.3 is 19.7 Å². The topological polar surface area (TPSA) is 50.8 Å². The third kappa shape index (κ3) is 5.84. The molecule has 1 aromatic rings. The van der Waals surface area contributed by atoms with Crippen LogP contribution < -0.4 is 5.32 Å². The SMILES string of the molecule is C[C@H]1CN(C(=O)Nc2cccc(COCC(F)(F)C(F)F)c2)C[C@H](C)O1. The van der Waals surface area contributed by atoms with E-state index >= 15 is 0 Å². The Bertz CT molecular complexity index is 605. The van der Waals surface area contributed by atoms with Crippen molar-refractivity contribution in [2.75, 3.05) is 25.0 Å². The largest absolute Gasteiger partial charge is 0.372 e. The van der Waals surface area contributed by atoms with Crippen LogP contribution in [0.5, 0.6) is 0 Å². The fraction of sp³-hybridized carbons (Fsp3) is 0.588. The number of carbonyl (C=O) groups excluding carboxylic acids is 1. The zero-order valence-electron chi connectivity index (χ0n) is 14.6. The molecule has 0 radical (unpaired) electrons. The lowest BCUT2D eigenvalue weighted by molar-refractivity contribution is -0.168. The summed E-state index contributed by atoms with van der Waals surface area (Å²) in [5.74, 6) is -4.18. The molecule has 2 atom stereocenters. The molecule has 0 unspecified atom stereocenters. The normalized spacial score (nSPS) is 21.1. The monoisotopic (exact) mass is 378 g/mol. The summed E-state index contributed by atoms with van der Waals surface area (Å²) in [5, 5.41) is 2.73. The number of rotatable bonds is 6. The highest BCUT2D eigenvalue weighted by molar-refractivity contribution is 5.89. The molecule has 9 heteroatoms. The van der Waals surface area contributed by atoms with E-state index in [1.54, 1.807) is 29.2 Å². The maximum atomic E-state index is 12.8. The fourth-order valence-electron chi connectivity index (χ4n) is 2.65. The van der Waals surface area contributed by atoms with Gasteiger partial charge in [-0.05, 0) is 31.5 Å². The molecule has 2 amide bonds. The Hall–Kier alpha value is -1.87. The minimum atomic E-state index is -4.18. The van der Waals surface area contributed by atoms with Gasteiger partial charge in [0.05, 0.1) is 18.8 Å². The smallest absolute Gasteiger partial charge is 0.330 e. The van der Waals surface area contributed by atoms with Gasteiger partial charge in [0.1, 0.15) is 6.61 Å². The Balaban J connectivity index is 1.89. The number of benzene rings is 1. The lowest BCUT2D eigenvalue weighted by Crippen LogP contribution is -2.49. The summed E-state index contributed by atoms with van der Waals surface area (Å²) in [4.78, 5) is 14.0. The van der Waals surface area contributed by atoms with Crippen LogP contribution in [0.4, 0.5) is 28.0 Å². The van der Waals surface area contributed by atoms with Crippen LogP contribution in [0.15, 0.2) is 24.3 Å². The maximum absolute atomic E-state index is 12.8. The molecular formula is C17H22F4N2O3. The fourth-order valence-corrected chi connectivity index (χ4v) is 2.65. The van der Waals surface area contributed by atoms with Crippen LogP contribution in [0.2, 0.25) is 0 Å². The summed E-state index contributed by atoms with van der Waals surface area (Å²) in [6, 6.07) is 6.10. The summed E-state index contributed by atoms with van der Waals surface area (Å²) in [6.45, 7) is 3.04. The van der Waals surface area contributed by atoms with Gasteiger partial charge in [0.25, 0.3) is 0 Å². The van der Waals surface area contributed by atoms with Gasteiger partial charge in [-0.15, -0.1) is 0 Å². The summed E-state index contributed by atoms with van der Waals surface area (Å²) in [6.07, 6.45) is -3.91. The summed E-state index contributed by atoms with van der Waals surface area (Å²) in [7, 11) is 0. The number of nitrogens with zero attached hydrogens (tertiary/aromatic N) is 1. The van der Waals surface area contributed by atoms with Gasteiger partial charge in [-0.2, -0.15) is 8.78 Å². The molecule has 5 nitrogen and oxygen atoms in total. The van der Waals surface area contributed by atoms with Crippen molar-refractivity contribution in [2.24, 2.45) is 0 Å². The first-order valence-corrected chi connectivity index (χ1v) is 8.21. The molecule has 2 rings (SSSR count). The average Bonchev–Trinajstić information content (AvgIpc) is 2.54. The van der Waals surface area contributed by atoms with Gasteiger partial charge >= 0.3 is 18.4 Å². The number of hydrogen-bond acceptors (Lipinski definition) is 3. The Kier molecular flexibility index (Phi) is 6.82. The molecule has 1 aliphatic heterocycles. The van der Waals surface area contributed by atoms with Gasteiger partial charge in [0.2, 0.25) is 0 Å². The second kappa shape index (κ2) is 8.68. The van der Waals surface area contributed by atoms with E-state index in [4.69, 9.17) is 4.74 Å². The number of urea groups is 1. The quantitative estimate of drug-likeness (QED) is 0.768. The van der Waals surface area contributed by atoms with Crippen LogP contribution in [0.3, 0.4) is 0 Å². The van der Waals surface area contributed by atoms with Crippen LogP contribution in [0.25, 0.3) is 0 Å². The average molecular weight is 378 g/mol. The molecule has 0 aliphatic carbocycles. The van der Waals surface area contributed by atoms with Crippen molar-refractivity contribution in [2.45, 2.75) is 45.0 Å². The van der Waals surface area contributed by atoms with Crippen LogP contribution in [0.1, 0.15) is 19.4 Å². The Morgan fingerprint density at radius 1 is 1.35 bits per heavy atom. The van der Waals surface area contributed by atoms with Crippen molar-refractivity contribution in [1.82, 2.24) is 4.90 Å². The molecule has 1 heterocycles. The van der Waals surface area contributed by atoms with Gasteiger partial charge in [0.15, 0.2) is 0 Å². The second-order valence-corrected chi connectivity index (χ2v) is 6.35. The Morgan fingerprint density at radius 3 is 2.62 bits per heavy atom. The standard InChI is InChI=1S/C17H22F4N2O3/c1-11-7-23(8-12(2)26-11)16(24)22-14-5-3-4-13(6-14)9-25-10-17(20,21)15(18)19/h3-6,11-12,15H,7-10H2,1-2H3,(H,22,24)/t11-,12-/m0/s1. The van der Waals surface area contributed by atoms with Crippen molar-refractivity contribution in [3.8, 4) is 0 Å². The first-order valence-electron chi connectivity index (χ1n) is 8.21. The molecular weight excluding hydrogens is 356 g/mol. The molecule has 1 saturated heterocycles. The Labute approximate surface area is 149 Å². The molecule has 0 aromatic heterocycles. The number of halogens is 4. The minimum absolute atomic E-state index is 0.0688. The highest BCUT2D eigenvalue weighted by Gasteiger charge is 2.40. The molecule has 26 heavy (non-hydrogen) atoms. The van der Waals surface area contributed by atoms with E-state index in [9.17, 15) is 22.4 Å². The number of hydrogen-bond donors (Lipinski definition) is 1. The predicted molar refractivity (Wildman–Crippen MR) is 87.6 cm³/mol. The highest BCUT2D eigenvalue weighted by atomic mass is 19.3. The van der Waals surface area contributed by atoms with E-state index in [1.807, 2.05) is 13.8 Å². The van der Waals surface area contributed by atoms with E-state index in [1.165, 1.54) is 0 Å². The number of morpholine rings is 1. The summed E-state index contributed by atoms with van der Waals surface area (Å²) < 4.78 is 60.1. The zero-order valence-corrected chi connectivity index (χ0v) is 14.6. The molecule has 1 N–H and O–H groups in total. The molecule has 0 spiro atoms. The lowest BCUT2D eigenvalue weighted by Gasteiger charge is -2.35. The maximum Gasteiger partial charge on any atom is 0.330 e. The number of anilines is 1. The third-order valence-corrected chi connectivity index (χ3v) is 3.77. The van der Waals surface area contributed by atoms with Crippen molar-refractivity contribution in [3.63, 3.8) is 0 Å². The first-order chi connectivity index (χ1) is 12.2. The molecule has 1 aliphatic rings. The van der Waals surface area contributed by atoms with Gasteiger partial charge in [0, 0.05) is 18.8 Å². The highest BCUT2D eigenvalue weighted by Crippen LogP contribution is 2.23. The zero-order chi connectivity index (χ0) is 19.3. The van der Waals surface area contributed by atoms with Gasteiger partial charge in [-0.3, -0.25) is 0 Å². The molecule has 1 aromatic carbocycles. The van der Waals surface area contributed by atoms with Crippen molar-refractivity contribution >= 4 is 11.7 Å². The van der Waals surface area contributed by atoms with E-state index in [2.05, 4.69) is 10.1 Å². The Morgan fingerprint density at radius 2 is 2.00 bits per heavy atom. The second-order valence-electron chi connectivity index (χ2n) is 6.35. The number of carbonyl (C=O) groups is 1. The number of alkyl halides is 4. The third-order valence-electron chi connectivity index (χ3n) is 3.77. The van der Waals surface area contributed by atoms with Gasteiger partial charge in [-0.1, -0.05) is 12.1 Å². The number of nitrogens with one attached hydrogen (secondary N) is 1. The van der Waals surface area contributed by atoms with Crippen LogP contribution >= 0.6 is 0 Å². The summed E-state index contributed by atoms with van der Waals surface area (Å²) in [5.41, 5.74) is 0.945. The van der Waals surface area contributed by atoms with Crippen molar-refractivity contribution in [3.05, 3.63) is 29.8 Å². The molecule has 1 fully saturated rings. The molecule has 146 valence electrons. The van der Waals surface area contributed by atoms with Crippen molar-refractivity contribution in [1.29, 1.82) is 0 Å².